The predicted molar refractivity (Wildman–Crippen MR) is 114 cm³/mol. The summed E-state index contributed by atoms with van der Waals surface area (Å²) in [6.07, 6.45) is 1.64. The lowest BCUT2D eigenvalue weighted by Crippen LogP contribution is -2.38. The molecule has 0 bridgehead atoms. The molecule has 1 aromatic rings. The van der Waals surface area contributed by atoms with Crippen LogP contribution in [0.3, 0.4) is 0 Å². The Morgan fingerprint density at radius 3 is 2.16 bits per heavy atom. The molecule has 2 rings (SSSR count). The van der Waals surface area contributed by atoms with Gasteiger partial charge in [-0.1, -0.05) is 36.8 Å². The normalized spacial score (nSPS) is 15.7. The summed E-state index contributed by atoms with van der Waals surface area (Å²) in [7, 11) is 0. The van der Waals surface area contributed by atoms with Crippen LogP contribution in [0.2, 0.25) is 0 Å². The lowest BCUT2D eigenvalue weighted by Gasteiger charge is -2.37. The first-order valence-electron chi connectivity index (χ1n) is 10.9. The third-order valence-corrected chi connectivity index (χ3v) is 5.74. The highest BCUT2D eigenvalue weighted by Gasteiger charge is 2.38. The molecule has 1 aromatic carbocycles. The molecule has 31 heavy (non-hydrogen) atoms. The number of esters is 3. The van der Waals surface area contributed by atoms with E-state index in [1.807, 2.05) is 38.1 Å². The van der Waals surface area contributed by atoms with Gasteiger partial charge in [-0.2, -0.15) is 0 Å². The molecule has 7 heteroatoms. The van der Waals surface area contributed by atoms with E-state index in [0.29, 0.717) is 32.5 Å². The summed E-state index contributed by atoms with van der Waals surface area (Å²) in [5.74, 6) is -1.30. The Balaban J connectivity index is 1.78. The largest absolute Gasteiger partial charge is 0.462 e. The van der Waals surface area contributed by atoms with Crippen molar-refractivity contribution in [3.05, 3.63) is 35.4 Å². The molecule has 0 saturated carbocycles. The van der Waals surface area contributed by atoms with Gasteiger partial charge in [-0.05, 0) is 32.8 Å². The number of aryl methyl sites for hydroxylation is 1. The Bertz CT molecular complexity index is 746. The van der Waals surface area contributed by atoms with Gasteiger partial charge in [0.05, 0.1) is 31.5 Å². The summed E-state index contributed by atoms with van der Waals surface area (Å²) in [5, 5.41) is 0. The molecule has 0 radical (unpaired) electrons. The van der Waals surface area contributed by atoms with Gasteiger partial charge in [0, 0.05) is 12.8 Å². The number of benzene rings is 1. The molecule has 1 aliphatic rings. The van der Waals surface area contributed by atoms with Crippen molar-refractivity contribution in [2.24, 2.45) is 5.41 Å². The van der Waals surface area contributed by atoms with Crippen molar-refractivity contribution in [3.63, 3.8) is 0 Å². The van der Waals surface area contributed by atoms with Gasteiger partial charge in [0.1, 0.15) is 18.8 Å². The summed E-state index contributed by atoms with van der Waals surface area (Å²) in [4.78, 5) is 36.3. The van der Waals surface area contributed by atoms with E-state index in [-0.39, 0.29) is 32.0 Å². The summed E-state index contributed by atoms with van der Waals surface area (Å²) in [5.41, 5.74) is 0.775. The molecule has 0 N–H and O–H groups in total. The number of ether oxygens (including phenoxy) is 4. The molecule has 0 amide bonds. The van der Waals surface area contributed by atoms with Crippen molar-refractivity contribution in [2.75, 3.05) is 26.4 Å². The van der Waals surface area contributed by atoms with Crippen LogP contribution in [0.5, 0.6) is 0 Å². The quantitative estimate of drug-likeness (QED) is 0.314. The van der Waals surface area contributed by atoms with Gasteiger partial charge in [0.2, 0.25) is 0 Å². The third-order valence-electron chi connectivity index (χ3n) is 5.74. The fourth-order valence-corrected chi connectivity index (χ4v) is 3.18. The van der Waals surface area contributed by atoms with Gasteiger partial charge in [-0.25, -0.2) is 0 Å². The number of carbonyl (C=O) groups excluding carboxylic acids is 3. The van der Waals surface area contributed by atoms with Gasteiger partial charge in [0.15, 0.2) is 0 Å². The van der Waals surface area contributed by atoms with E-state index in [0.717, 1.165) is 11.1 Å². The first-order chi connectivity index (χ1) is 14.7. The second-order valence-corrected chi connectivity index (χ2v) is 8.54. The average Bonchev–Trinajstić information content (AvgIpc) is 2.76. The van der Waals surface area contributed by atoms with E-state index in [1.54, 1.807) is 13.8 Å². The minimum atomic E-state index is -0.729. The van der Waals surface area contributed by atoms with Crippen LogP contribution in [0.25, 0.3) is 0 Å². The van der Waals surface area contributed by atoms with E-state index >= 15 is 0 Å². The number of carbonyl (C=O) groups is 3. The van der Waals surface area contributed by atoms with Crippen LogP contribution < -0.4 is 0 Å². The number of hydrogen-bond acceptors (Lipinski definition) is 7. The fraction of sp³-hybridized carbons (Fsp3) is 0.625. The van der Waals surface area contributed by atoms with Crippen molar-refractivity contribution >= 4 is 17.9 Å². The molecule has 1 aliphatic heterocycles. The van der Waals surface area contributed by atoms with Crippen LogP contribution in [0.15, 0.2) is 24.3 Å². The predicted octanol–water partition coefficient (Wildman–Crippen LogP) is 3.85. The number of rotatable bonds is 10. The minimum Gasteiger partial charge on any atom is -0.462 e. The Hall–Kier alpha value is -2.41. The molecule has 0 spiro atoms. The standard InChI is InChI=1S/C24H34O7/c1-5-23(3,4)22(27)30-17-16-29-20(25)10-11-21(26)31-24(12-14-28-15-13-24)19-8-6-18(2)7-9-19/h6-9H,5,10-17H2,1-4H3. The van der Waals surface area contributed by atoms with Crippen molar-refractivity contribution in [2.45, 2.75) is 65.4 Å². The highest BCUT2D eigenvalue weighted by Crippen LogP contribution is 2.36. The molecule has 1 fully saturated rings. The molecule has 1 heterocycles. The third kappa shape index (κ3) is 7.35. The maximum absolute atomic E-state index is 12.5. The van der Waals surface area contributed by atoms with Gasteiger partial charge >= 0.3 is 17.9 Å². The van der Waals surface area contributed by atoms with E-state index in [4.69, 9.17) is 18.9 Å². The fourth-order valence-electron chi connectivity index (χ4n) is 3.18. The van der Waals surface area contributed by atoms with Crippen molar-refractivity contribution in [1.29, 1.82) is 0 Å². The monoisotopic (exact) mass is 434 g/mol. The topological polar surface area (TPSA) is 88.1 Å². The first-order valence-corrected chi connectivity index (χ1v) is 10.9. The Labute approximate surface area is 184 Å². The van der Waals surface area contributed by atoms with Gasteiger partial charge in [-0.3, -0.25) is 14.4 Å². The van der Waals surface area contributed by atoms with Crippen LogP contribution in [-0.4, -0.2) is 44.3 Å². The average molecular weight is 435 g/mol. The molecule has 0 unspecified atom stereocenters. The van der Waals surface area contributed by atoms with E-state index in [1.165, 1.54) is 0 Å². The van der Waals surface area contributed by atoms with Crippen molar-refractivity contribution < 1.29 is 33.3 Å². The highest BCUT2D eigenvalue weighted by atomic mass is 16.6. The smallest absolute Gasteiger partial charge is 0.311 e. The van der Waals surface area contributed by atoms with Gasteiger partial charge in [-0.15, -0.1) is 0 Å². The Morgan fingerprint density at radius 1 is 0.968 bits per heavy atom. The summed E-state index contributed by atoms with van der Waals surface area (Å²) in [6, 6.07) is 7.94. The molecule has 0 atom stereocenters. The lowest BCUT2D eigenvalue weighted by atomic mass is 9.85. The van der Waals surface area contributed by atoms with Crippen molar-refractivity contribution in [3.8, 4) is 0 Å². The van der Waals surface area contributed by atoms with Gasteiger partial charge < -0.3 is 18.9 Å². The molecule has 7 nitrogen and oxygen atoms in total. The highest BCUT2D eigenvalue weighted by molar-refractivity contribution is 5.78. The van der Waals surface area contributed by atoms with Gasteiger partial charge in [0.25, 0.3) is 0 Å². The second kappa shape index (κ2) is 11.3. The summed E-state index contributed by atoms with van der Waals surface area (Å²) in [6.45, 7) is 8.49. The summed E-state index contributed by atoms with van der Waals surface area (Å²) >= 11 is 0. The van der Waals surface area contributed by atoms with Crippen LogP contribution in [0.1, 0.15) is 64.0 Å². The molecular weight excluding hydrogens is 400 g/mol. The second-order valence-electron chi connectivity index (χ2n) is 8.54. The maximum Gasteiger partial charge on any atom is 0.311 e. The number of hydrogen-bond donors (Lipinski definition) is 0. The van der Waals surface area contributed by atoms with Crippen LogP contribution in [0, 0.1) is 12.3 Å². The molecule has 172 valence electrons. The van der Waals surface area contributed by atoms with Crippen LogP contribution in [0.4, 0.5) is 0 Å². The van der Waals surface area contributed by atoms with E-state index in [2.05, 4.69) is 0 Å². The summed E-state index contributed by atoms with van der Waals surface area (Å²) < 4.78 is 21.5. The van der Waals surface area contributed by atoms with E-state index in [9.17, 15) is 14.4 Å². The Kier molecular flexibility index (Phi) is 9.04. The molecule has 1 saturated heterocycles. The lowest BCUT2D eigenvalue weighted by molar-refractivity contribution is -0.173. The Morgan fingerprint density at radius 2 is 1.55 bits per heavy atom. The van der Waals surface area contributed by atoms with E-state index < -0.39 is 23.0 Å². The first kappa shape index (κ1) is 24.9. The van der Waals surface area contributed by atoms with Crippen LogP contribution in [-0.2, 0) is 38.9 Å². The van der Waals surface area contributed by atoms with Crippen molar-refractivity contribution in [1.82, 2.24) is 0 Å². The minimum absolute atomic E-state index is 0.00498. The SMILES string of the molecule is CCC(C)(C)C(=O)OCCOC(=O)CCC(=O)OC1(c2ccc(C)cc2)CCOCC1. The zero-order valence-electron chi connectivity index (χ0n) is 19.0. The molecular formula is C24H34O7. The molecule has 0 aromatic heterocycles. The maximum atomic E-state index is 12.5. The molecule has 0 aliphatic carbocycles. The zero-order valence-corrected chi connectivity index (χ0v) is 19.0. The van der Waals surface area contributed by atoms with Crippen LogP contribution >= 0.6 is 0 Å². The zero-order chi connectivity index (χ0) is 22.9.